The zero-order valence-electron chi connectivity index (χ0n) is 27.1. The van der Waals surface area contributed by atoms with Crippen molar-refractivity contribution in [3.05, 3.63) is 149 Å². The van der Waals surface area contributed by atoms with E-state index in [1.54, 1.807) is 0 Å². The summed E-state index contributed by atoms with van der Waals surface area (Å²) in [5, 5.41) is 2.63. The molecule has 0 amide bonds. The molecule has 6 aromatic carbocycles. The quantitative estimate of drug-likeness (QED) is 0.186. The Morgan fingerprint density at radius 2 is 1.04 bits per heavy atom. The van der Waals surface area contributed by atoms with E-state index in [1.807, 2.05) is 0 Å². The second-order valence-electron chi connectivity index (χ2n) is 15.0. The number of hydrogen-bond acceptors (Lipinski definition) is 1. The highest BCUT2D eigenvalue weighted by Crippen LogP contribution is 2.62. The predicted octanol–water partition coefficient (Wildman–Crippen LogP) is 11.8. The molecule has 2 aliphatic carbocycles. The first kappa shape index (κ1) is 26.8. The molecule has 220 valence electrons. The molecule has 1 heteroatoms. The second kappa shape index (κ2) is 8.76. The lowest BCUT2D eigenvalue weighted by molar-refractivity contribution is 0.298. The molecule has 1 nitrogen and oxygen atoms in total. The Balaban J connectivity index is 1.37. The Kier molecular flexibility index (Phi) is 5.21. The number of hydrogen-bond donors (Lipinski definition) is 0. The Morgan fingerprint density at radius 1 is 0.467 bits per heavy atom. The summed E-state index contributed by atoms with van der Waals surface area (Å²) < 4.78 is 0. The van der Waals surface area contributed by atoms with E-state index in [9.17, 15) is 0 Å². The molecule has 0 N–H and O–H groups in total. The van der Waals surface area contributed by atoms with E-state index < -0.39 is 0 Å². The van der Waals surface area contributed by atoms with Gasteiger partial charge in [-0.25, -0.2) is 0 Å². The number of para-hydroxylation sites is 2. The Labute approximate surface area is 267 Å². The molecule has 0 aromatic heterocycles. The molecule has 0 bridgehead atoms. The molecular formula is C44H39N. The van der Waals surface area contributed by atoms with E-state index in [-0.39, 0.29) is 16.2 Å². The highest BCUT2D eigenvalue weighted by molar-refractivity contribution is 6.11. The van der Waals surface area contributed by atoms with Crippen LogP contribution in [0, 0.1) is 0 Å². The maximum Gasteiger partial charge on any atom is 0.0543 e. The molecule has 0 fully saturated rings. The van der Waals surface area contributed by atoms with E-state index in [1.165, 1.54) is 83.5 Å². The van der Waals surface area contributed by atoms with Gasteiger partial charge in [0, 0.05) is 28.6 Å². The van der Waals surface area contributed by atoms with Crippen LogP contribution < -0.4 is 4.90 Å². The van der Waals surface area contributed by atoms with E-state index in [0.717, 1.165) is 6.42 Å². The van der Waals surface area contributed by atoms with Crippen LogP contribution in [0.2, 0.25) is 0 Å². The summed E-state index contributed by atoms with van der Waals surface area (Å²) in [7, 11) is 0. The topological polar surface area (TPSA) is 3.24 Å². The summed E-state index contributed by atoms with van der Waals surface area (Å²) in [5.74, 6) is 0. The summed E-state index contributed by atoms with van der Waals surface area (Å²) >= 11 is 0. The summed E-state index contributed by atoms with van der Waals surface area (Å²) in [6, 6.07) is 43.6. The number of benzene rings is 6. The Bertz CT molecular complexity index is 2180. The standard InChI is InChI=1S/C44H39N/c1-42(2)35-26-38(45-36-21-13-7-15-27(36)25-28-16-8-14-22-37(28)45)29-17-9-10-18-30(29)39(35)32-23-24-34-40(41(32)42)31-19-11-12-20-33(31)43(3,4)44(34,5)6/h7-24,26H,25H2,1-6H3. The third-order valence-corrected chi connectivity index (χ3v) is 12.0. The fourth-order valence-corrected chi connectivity index (χ4v) is 8.99. The zero-order valence-corrected chi connectivity index (χ0v) is 27.1. The minimum atomic E-state index is -0.186. The lowest BCUT2D eigenvalue weighted by Gasteiger charge is -2.49. The lowest BCUT2D eigenvalue weighted by Crippen LogP contribution is -2.44. The van der Waals surface area contributed by atoms with Crippen LogP contribution in [0.1, 0.15) is 74.9 Å². The van der Waals surface area contributed by atoms with Gasteiger partial charge >= 0.3 is 0 Å². The molecule has 0 atom stereocenters. The maximum absolute atomic E-state index is 2.53. The van der Waals surface area contributed by atoms with Crippen molar-refractivity contribution in [1.29, 1.82) is 0 Å². The fourth-order valence-electron chi connectivity index (χ4n) is 8.99. The summed E-state index contributed by atoms with van der Waals surface area (Å²) in [6.45, 7) is 14.7. The fraction of sp³-hybridized carbons (Fsp3) is 0.227. The van der Waals surface area contributed by atoms with E-state index in [2.05, 4.69) is 162 Å². The number of rotatable bonds is 1. The van der Waals surface area contributed by atoms with Gasteiger partial charge in [-0.3, -0.25) is 0 Å². The molecule has 6 aromatic rings. The van der Waals surface area contributed by atoms with Gasteiger partial charge in [-0.15, -0.1) is 0 Å². The molecule has 0 saturated heterocycles. The second-order valence-corrected chi connectivity index (χ2v) is 15.0. The van der Waals surface area contributed by atoms with Crippen LogP contribution in [0.15, 0.2) is 115 Å². The first-order valence-corrected chi connectivity index (χ1v) is 16.4. The normalized spacial score (nSPS) is 17.5. The zero-order chi connectivity index (χ0) is 30.9. The van der Waals surface area contributed by atoms with Crippen molar-refractivity contribution in [2.45, 2.75) is 64.2 Å². The van der Waals surface area contributed by atoms with Crippen molar-refractivity contribution in [1.82, 2.24) is 0 Å². The largest absolute Gasteiger partial charge is 0.309 e. The van der Waals surface area contributed by atoms with Crippen LogP contribution in [0.5, 0.6) is 0 Å². The van der Waals surface area contributed by atoms with Gasteiger partial charge in [-0.2, -0.15) is 0 Å². The van der Waals surface area contributed by atoms with Gasteiger partial charge < -0.3 is 4.90 Å². The highest BCUT2D eigenvalue weighted by Gasteiger charge is 2.49. The van der Waals surface area contributed by atoms with Gasteiger partial charge in [-0.05, 0) is 90.0 Å². The summed E-state index contributed by atoms with van der Waals surface area (Å²) in [6.07, 6.45) is 0.959. The molecule has 1 heterocycles. The molecule has 3 aliphatic rings. The monoisotopic (exact) mass is 581 g/mol. The molecule has 9 rings (SSSR count). The van der Waals surface area contributed by atoms with Gasteiger partial charge in [0.15, 0.2) is 0 Å². The van der Waals surface area contributed by atoms with Crippen molar-refractivity contribution in [3.8, 4) is 22.3 Å². The summed E-state index contributed by atoms with van der Waals surface area (Å²) in [5.41, 5.74) is 17.8. The van der Waals surface area contributed by atoms with Crippen molar-refractivity contribution in [2.75, 3.05) is 4.90 Å². The summed E-state index contributed by atoms with van der Waals surface area (Å²) in [4.78, 5) is 2.53. The predicted molar refractivity (Wildman–Crippen MR) is 190 cm³/mol. The van der Waals surface area contributed by atoms with Crippen molar-refractivity contribution >= 4 is 27.8 Å². The van der Waals surface area contributed by atoms with Crippen LogP contribution in [-0.4, -0.2) is 0 Å². The van der Waals surface area contributed by atoms with Crippen LogP contribution in [-0.2, 0) is 22.7 Å². The molecule has 1 aliphatic heterocycles. The maximum atomic E-state index is 2.53. The Hall–Kier alpha value is -4.62. The molecular weight excluding hydrogens is 542 g/mol. The average molecular weight is 582 g/mol. The van der Waals surface area contributed by atoms with Crippen LogP contribution in [0.3, 0.4) is 0 Å². The molecule has 0 spiro atoms. The van der Waals surface area contributed by atoms with Gasteiger partial charge in [0.2, 0.25) is 0 Å². The number of nitrogens with zero attached hydrogens (tertiary/aromatic N) is 1. The van der Waals surface area contributed by atoms with Crippen LogP contribution in [0.4, 0.5) is 17.1 Å². The molecule has 0 saturated carbocycles. The van der Waals surface area contributed by atoms with E-state index >= 15 is 0 Å². The van der Waals surface area contributed by atoms with E-state index in [4.69, 9.17) is 0 Å². The van der Waals surface area contributed by atoms with Gasteiger partial charge in [0.25, 0.3) is 0 Å². The highest BCUT2D eigenvalue weighted by atomic mass is 15.2. The number of fused-ring (bicyclic) bond motifs is 11. The minimum absolute atomic E-state index is 0.00926. The first-order valence-electron chi connectivity index (χ1n) is 16.4. The van der Waals surface area contributed by atoms with Gasteiger partial charge in [-0.1, -0.05) is 139 Å². The van der Waals surface area contributed by atoms with Crippen LogP contribution in [0.25, 0.3) is 33.0 Å². The van der Waals surface area contributed by atoms with Gasteiger partial charge in [0.05, 0.1) is 5.69 Å². The third kappa shape index (κ3) is 3.29. The average Bonchev–Trinajstić information content (AvgIpc) is 3.28. The Morgan fingerprint density at radius 3 is 1.76 bits per heavy atom. The number of anilines is 3. The van der Waals surface area contributed by atoms with Gasteiger partial charge in [0.1, 0.15) is 0 Å². The first-order chi connectivity index (χ1) is 21.6. The molecule has 0 radical (unpaired) electrons. The van der Waals surface area contributed by atoms with E-state index in [0.29, 0.717) is 0 Å². The third-order valence-electron chi connectivity index (χ3n) is 12.0. The van der Waals surface area contributed by atoms with Crippen LogP contribution >= 0.6 is 0 Å². The van der Waals surface area contributed by atoms with Crippen molar-refractivity contribution in [3.63, 3.8) is 0 Å². The molecule has 0 unspecified atom stereocenters. The SMILES string of the molecule is CC1(C)c2cc(N3c4ccccc4Cc4ccccc43)c3ccccc3c2-c2ccc3c(c21)-c1ccccc1C(C)(C)C3(C)C. The molecule has 45 heavy (non-hydrogen) atoms. The minimum Gasteiger partial charge on any atom is -0.309 e. The smallest absolute Gasteiger partial charge is 0.0543 e. The van der Waals surface area contributed by atoms with Crippen molar-refractivity contribution in [2.24, 2.45) is 0 Å². The lowest BCUT2D eigenvalue weighted by atomic mass is 9.54. The van der Waals surface area contributed by atoms with Crippen molar-refractivity contribution < 1.29 is 0 Å².